The van der Waals surface area contributed by atoms with Gasteiger partial charge < -0.3 is 9.80 Å². The molecule has 0 radical (unpaired) electrons. The second kappa shape index (κ2) is 8.24. The monoisotopic (exact) mass is 449 g/mol. The molecule has 1 aliphatic carbocycles. The van der Waals surface area contributed by atoms with Crippen LogP contribution in [0.5, 0.6) is 0 Å². The Morgan fingerprint density at radius 2 is 1.82 bits per heavy atom. The van der Waals surface area contributed by atoms with Crippen molar-refractivity contribution in [2.45, 2.75) is 45.6 Å². The van der Waals surface area contributed by atoms with Gasteiger partial charge in [0, 0.05) is 49.4 Å². The number of carbonyl (C=O) groups excluding carboxylic acids is 2. The molecule has 0 N–H and O–H groups in total. The molecule has 3 aromatic rings. The van der Waals surface area contributed by atoms with E-state index in [2.05, 4.69) is 18.9 Å². The van der Waals surface area contributed by atoms with Gasteiger partial charge in [0.15, 0.2) is 11.4 Å². The normalized spacial score (nSPS) is 16.6. The molecule has 1 saturated heterocycles. The highest BCUT2D eigenvalue weighted by atomic mass is 19.1. The van der Waals surface area contributed by atoms with Gasteiger partial charge >= 0.3 is 0 Å². The van der Waals surface area contributed by atoms with E-state index in [9.17, 15) is 14.0 Å². The molecule has 1 aromatic carbocycles. The van der Waals surface area contributed by atoms with Crippen LogP contribution in [0.1, 0.15) is 72.0 Å². The minimum absolute atomic E-state index is 0.0281. The lowest BCUT2D eigenvalue weighted by Crippen LogP contribution is -2.49. The standard InChI is InChI=1S/C25H28FN5O2/c1-15(2)31-24-20(14-27-31)19(13-22(28-24)17-4-5-17)25(33)30-10-8-29(9-11-30)23-7-6-18(16(3)32)12-21(23)26/h6-7,12-15,17H,4-5,8-11H2,1-3H3. The van der Waals surface area contributed by atoms with Gasteiger partial charge in [0.2, 0.25) is 0 Å². The first-order valence-corrected chi connectivity index (χ1v) is 11.6. The summed E-state index contributed by atoms with van der Waals surface area (Å²) in [6.07, 6.45) is 3.96. The maximum absolute atomic E-state index is 14.6. The predicted molar refractivity (Wildman–Crippen MR) is 124 cm³/mol. The fourth-order valence-electron chi connectivity index (χ4n) is 4.48. The summed E-state index contributed by atoms with van der Waals surface area (Å²) in [5.74, 6) is -0.173. The summed E-state index contributed by atoms with van der Waals surface area (Å²) in [4.78, 5) is 33.7. The minimum Gasteiger partial charge on any atom is -0.366 e. The topological polar surface area (TPSA) is 71.3 Å². The first-order valence-electron chi connectivity index (χ1n) is 11.6. The molecule has 172 valence electrons. The Morgan fingerprint density at radius 1 is 1.09 bits per heavy atom. The number of nitrogens with zero attached hydrogens (tertiary/aromatic N) is 5. The van der Waals surface area contributed by atoms with E-state index in [1.807, 2.05) is 20.5 Å². The molecule has 3 heterocycles. The smallest absolute Gasteiger partial charge is 0.254 e. The van der Waals surface area contributed by atoms with Crippen LogP contribution >= 0.6 is 0 Å². The van der Waals surface area contributed by atoms with Crippen molar-refractivity contribution < 1.29 is 14.0 Å². The average Bonchev–Trinajstić information content (AvgIpc) is 3.56. The number of benzene rings is 1. The number of hydrogen-bond donors (Lipinski definition) is 0. The van der Waals surface area contributed by atoms with Gasteiger partial charge in [0.25, 0.3) is 5.91 Å². The van der Waals surface area contributed by atoms with Crippen LogP contribution in [0, 0.1) is 5.82 Å². The first kappa shape index (κ1) is 21.6. The molecule has 0 unspecified atom stereocenters. The maximum atomic E-state index is 14.6. The molecular formula is C25H28FN5O2. The minimum atomic E-state index is -0.409. The molecule has 2 aromatic heterocycles. The summed E-state index contributed by atoms with van der Waals surface area (Å²) in [5.41, 5.74) is 3.22. The number of ketones is 1. The van der Waals surface area contributed by atoms with Crippen LogP contribution < -0.4 is 4.90 Å². The van der Waals surface area contributed by atoms with E-state index in [0.29, 0.717) is 48.9 Å². The Balaban J connectivity index is 1.38. The van der Waals surface area contributed by atoms with Crippen LogP contribution in [0.25, 0.3) is 11.0 Å². The Hall–Kier alpha value is -3.29. The van der Waals surface area contributed by atoms with Gasteiger partial charge in [-0.1, -0.05) is 0 Å². The number of fused-ring (bicyclic) bond motifs is 1. The maximum Gasteiger partial charge on any atom is 0.254 e. The van der Waals surface area contributed by atoms with Crippen molar-refractivity contribution in [3.8, 4) is 0 Å². The number of hydrogen-bond acceptors (Lipinski definition) is 5. The van der Waals surface area contributed by atoms with Crippen LogP contribution in [0.4, 0.5) is 10.1 Å². The van der Waals surface area contributed by atoms with E-state index >= 15 is 0 Å². The van der Waals surface area contributed by atoms with Crippen LogP contribution in [-0.2, 0) is 0 Å². The highest BCUT2D eigenvalue weighted by Gasteiger charge is 2.30. The number of Topliss-reactive ketones (excluding diaryl/α,β-unsaturated/α-hetero) is 1. The molecule has 7 nitrogen and oxygen atoms in total. The molecule has 2 aliphatic rings. The van der Waals surface area contributed by atoms with Gasteiger partial charge in [-0.3, -0.25) is 9.59 Å². The summed E-state index contributed by atoms with van der Waals surface area (Å²) in [7, 11) is 0. The average molecular weight is 450 g/mol. The van der Waals surface area contributed by atoms with Crippen LogP contribution in [0.15, 0.2) is 30.5 Å². The number of rotatable bonds is 5. The van der Waals surface area contributed by atoms with Gasteiger partial charge in [0.1, 0.15) is 5.82 Å². The fourth-order valence-corrected chi connectivity index (χ4v) is 4.48. The lowest BCUT2D eigenvalue weighted by atomic mass is 10.1. The largest absolute Gasteiger partial charge is 0.366 e. The van der Waals surface area contributed by atoms with E-state index in [1.165, 1.54) is 13.0 Å². The number of amides is 1. The Labute approximate surface area is 192 Å². The van der Waals surface area contributed by atoms with Gasteiger partial charge in [-0.25, -0.2) is 14.1 Å². The van der Waals surface area contributed by atoms with Crippen molar-refractivity contribution in [1.82, 2.24) is 19.7 Å². The molecule has 1 saturated carbocycles. The molecular weight excluding hydrogens is 421 g/mol. The van der Waals surface area contributed by atoms with Gasteiger partial charge in [-0.15, -0.1) is 0 Å². The van der Waals surface area contributed by atoms with Crippen LogP contribution in [0.3, 0.4) is 0 Å². The number of piperazine rings is 1. The number of carbonyl (C=O) groups is 2. The summed E-state index contributed by atoms with van der Waals surface area (Å²) in [6.45, 7) is 7.57. The zero-order chi connectivity index (χ0) is 23.3. The first-order chi connectivity index (χ1) is 15.8. The highest BCUT2D eigenvalue weighted by molar-refractivity contribution is 6.05. The molecule has 8 heteroatoms. The van der Waals surface area contributed by atoms with Crippen molar-refractivity contribution in [2.24, 2.45) is 0 Å². The van der Waals surface area contributed by atoms with E-state index < -0.39 is 5.82 Å². The van der Waals surface area contributed by atoms with Gasteiger partial charge in [-0.2, -0.15) is 5.10 Å². The third-order valence-corrected chi connectivity index (χ3v) is 6.56. The van der Waals surface area contributed by atoms with E-state index in [-0.39, 0.29) is 17.7 Å². The molecule has 5 rings (SSSR count). The molecule has 1 amide bonds. The molecule has 0 spiro atoms. The number of pyridine rings is 1. The molecule has 33 heavy (non-hydrogen) atoms. The molecule has 2 fully saturated rings. The number of halogens is 1. The SMILES string of the molecule is CC(=O)c1ccc(N2CCN(C(=O)c3cc(C4CC4)nc4c3cnn4C(C)C)CC2)c(F)c1. The lowest BCUT2D eigenvalue weighted by molar-refractivity contribution is 0.0748. The van der Waals surface area contributed by atoms with E-state index in [4.69, 9.17) is 4.98 Å². The predicted octanol–water partition coefficient (Wildman–Crippen LogP) is 4.19. The van der Waals surface area contributed by atoms with Crippen molar-refractivity contribution in [3.05, 3.63) is 53.1 Å². The van der Waals surface area contributed by atoms with Crippen LogP contribution in [-0.4, -0.2) is 57.5 Å². The van der Waals surface area contributed by atoms with Gasteiger partial charge in [0.05, 0.1) is 22.8 Å². The third kappa shape index (κ3) is 3.98. The summed E-state index contributed by atoms with van der Waals surface area (Å²) >= 11 is 0. The molecule has 0 bridgehead atoms. The molecule has 0 atom stereocenters. The number of anilines is 1. The second-order valence-corrected chi connectivity index (χ2v) is 9.29. The van der Waals surface area contributed by atoms with Crippen molar-refractivity contribution in [3.63, 3.8) is 0 Å². The van der Waals surface area contributed by atoms with Crippen molar-refractivity contribution in [2.75, 3.05) is 31.1 Å². The van der Waals surface area contributed by atoms with Crippen LogP contribution in [0.2, 0.25) is 0 Å². The third-order valence-electron chi connectivity index (χ3n) is 6.56. The second-order valence-electron chi connectivity index (χ2n) is 9.29. The fraction of sp³-hybridized carbons (Fsp3) is 0.440. The Morgan fingerprint density at radius 3 is 2.42 bits per heavy atom. The van der Waals surface area contributed by atoms with E-state index in [1.54, 1.807) is 18.3 Å². The number of aromatic nitrogens is 3. The van der Waals surface area contributed by atoms with Gasteiger partial charge in [-0.05, 0) is 57.9 Å². The Bertz CT molecular complexity index is 1240. The quantitative estimate of drug-likeness (QED) is 0.546. The highest BCUT2D eigenvalue weighted by Crippen LogP contribution is 2.40. The zero-order valence-electron chi connectivity index (χ0n) is 19.2. The Kier molecular flexibility index (Phi) is 5.38. The van der Waals surface area contributed by atoms with Crippen molar-refractivity contribution in [1.29, 1.82) is 0 Å². The summed E-state index contributed by atoms with van der Waals surface area (Å²) < 4.78 is 16.5. The summed E-state index contributed by atoms with van der Waals surface area (Å²) in [5, 5.41) is 5.28. The van der Waals surface area contributed by atoms with Crippen molar-refractivity contribution >= 4 is 28.4 Å². The molecule has 1 aliphatic heterocycles. The lowest BCUT2D eigenvalue weighted by Gasteiger charge is -2.36. The zero-order valence-corrected chi connectivity index (χ0v) is 19.2. The van der Waals surface area contributed by atoms with E-state index in [0.717, 1.165) is 29.6 Å². The summed E-state index contributed by atoms with van der Waals surface area (Å²) in [6, 6.07) is 6.69.